The van der Waals surface area contributed by atoms with Gasteiger partial charge in [0.2, 0.25) is 5.91 Å². The van der Waals surface area contributed by atoms with Crippen LogP contribution in [0.3, 0.4) is 0 Å². The largest absolute Gasteiger partial charge is 0.466 e. The normalized spacial score (nSPS) is 18.4. The zero-order valence-corrected chi connectivity index (χ0v) is 52.3. The molecule has 1 rings (SSSR count). The molecule has 0 saturated carbocycles. The Morgan fingerprint density at radius 3 is 1.24 bits per heavy atom. The van der Waals surface area contributed by atoms with Gasteiger partial charge in [-0.25, -0.2) is 0 Å². The summed E-state index contributed by atoms with van der Waals surface area (Å²) in [6, 6.07) is -0.823. The predicted molar refractivity (Wildman–Crippen MR) is 334 cm³/mol. The van der Waals surface area contributed by atoms with Crippen molar-refractivity contribution in [2.45, 2.75) is 384 Å². The van der Waals surface area contributed by atoms with Gasteiger partial charge in [0.1, 0.15) is 24.4 Å². The molecule has 0 bridgehead atoms. The third-order valence-corrected chi connectivity index (χ3v) is 16.6. The molecule has 0 aliphatic carbocycles. The van der Waals surface area contributed by atoms with Gasteiger partial charge in [-0.05, 0) is 44.9 Å². The lowest BCUT2D eigenvalue weighted by Crippen LogP contribution is -2.60. The van der Waals surface area contributed by atoms with Crippen LogP contribution in [0.1, 0.15) is 341 Å². The van der Waals surface area contributed by atoms with Gasteiger partial charge in [0, 0.05) is 12.8 Å². The lowest BCUT2D eigenvalue weighted by molar-refractivity contribution is -0.302. The molecule has 6 N–H and O–H groups in total. The number of nitrogens with one attached hydrogen (secondary N) is 1. The van der Waals surface area contributed by atoms with Crippen LogP contribution in [-0.4, -0.2) is 100 Å². The highest BCUT2D eigenvalue weighted by Gasteiger charge is 2.44. The number of hydrogen-bond acceptors (Lipinski definition) is 10. The molecule has 0 aromatic carbocycles. The van der Waals surface area contributed by atoms with Gasteiger partial charge in [0.05, 0.1) is 32.0 Å². The van der Waals surface area contributed by atoms with Gasteiger partial charge in [0.25, 0.3) is 0 Å². The Morgan fingerprint density at radius 2 is 0.812 bits per heavy atom. The van der Waals surface area contributed by atoms with E-state index in [1.807, 2.05) is 6.08 Å². The zero-order chi connectivity index (χ0) is 58.0. The van der Waals surface area contributed by atoms with Gasteiger partial charge in [-0.15, -0.1) is 0 Å². The van der Waals surface area contributed by atoms with Gasteiger partial charge >= 0.3 is 5.97 Å². The third-order valence-electron chi connectivity index (χ3n) is 16.6. The van der Waals surface area contributed by atoms with E-state index in [9.17, 15) is 35.1 Å². The van der Waals surface area contributed by atoms with Crippen molar-refractivity contribution in [3.8, 4) is 0 Å². The smallest absolute Gasteiger partial charge is 0.305 e. The number of aliphatic hydroxyl groups excluding tert-OH is 5. The zero-order valence-electron chi connectivity index (χ0n) is 52.3. The van der Waals surface area contributed by atoms with Gasteiger partial charge in [-0.3, -0.25) is 9.59 Å². The first-order valence-corrected chi connectivity index (χ1v) is 34.6. The van der Waals surface area contributed by atoms with Crippen LogP contribution in [0.4, 0.5) is 0 Å². The number of ether oxygens (including phenoxy) is 3. The summed E-state index contributed by atoms with van der Waals surface area (Å²) in [6.07, 6.45) is 63.2. The number of esters is 1. The Bertz CT molecular complexity index is 1380. The molecule has 1 saturated heterocycles. The highest BCUT2D eigenvalue weighted by atomic mass is 16.7. The molecule has 11 nitrogen and oxygen atoms in total. The average molecular weight is 1130 g/mol. The van der Waals surface area contributed by atoms with Crippen molar-refractivity contribution >= 4 is 11.9 Å². The molecule has 1 aliphatic heterocycles. The van der Waals surface area contributed by atoms with Crippen LogP contribution in [0.5, 0.6) is 0 Å². The number of rotatable bonds is 61. The summed E-state index contributed by atoms with van der Waals surface area (Å²) in [5.41, 5.74) is 0. The van der Waals surface area contributed by atoms with Crippen molar-refractivity contribution in [2.75, 3.05) is 19.8 Å². The molecule has 1 fully saturated rings. The highest BCUT2D eigenvalue weighted by molar-refractivity contribution is 5.76. The average Bonchev–Trinajstić information content (AvgIpc) is 3.45. The van der Waals surface area contributed by atoms with Gasteiger partial charge in [0.15, 0.2) is 6.29 Å². The summed E-state index contributed by atoms with van der Waals surface area (Å²) in [6.45, 7) is 4.34. The Morgan fingerprint density at radius 1 is 0.450 bits per heavy atom. The van der Waals surface area contributed by atoms with Crippen LogP contribution >= 0.6 is 0 Å². The van der Waals surface area contributed by atoms with Crippen molar-refractivity contribution < 1.29 is 49.3 Å². The maximum absolute atomic E-state index is 13.0. The Hall–Kier alpha value is -1.86. The molecule has 0 aromatic heterocycles. The summed E-state index contributed by atoms with van der Waals surface area (Å²) in [4.78, 5) is 25.1. The van der Waals surface area contributed by atoms with E-state index in [-0.39, 0.29) is 18.5 Å². The van der Waals surface area contributed by atoms with Crippen LogP contribution in [-0.2, 0) is 23.8 Å². The second-order valence-electron chi connectivity index (χ2n) is 24.2. The van der Waals surface area contributed by atoms with E-state index < -0.39 is 49.5 Å². The number of carbonyl (C=O) groups excluding carboxylic acids is 2. The summed E-state index contributed by atoms with van der Waals surface area (Å²) in [5.74, 6) is -0.176. The maximum atomic E-state index is 13.0. The molecule has 1 heterocycles. The standard InChI is InChI=1S/C69H131NO10/c1-3-5-7-9-11-13-35-39-43-47-51-55-62(72)61(60-79-69-68(77)67(76)66(75)63(59-71)80-69)70-64(73)56-52-48-44-40-37-33-31-29-27-25-23-21-19-17-15-16-18-20-22-24-26-28-30-32-34-38-42-46-50-54-58-78-65(74)57-53-49-45-41-36-14-12-10-8-6-4-2/h35,39,51,55,61-63,66-69,71-72,75-77H,3-34,36-38,40-50,52-54,56-60H2,1-2H3,(H,70,73)/b39-35+,55-51+. The molecule has 1 aliphatic rings. The van der Waals surface area contributed by atoms with Gasteiger partial charge in [-0.1, -0.05) is 308 Å². The van der Waals surface area contributed by atoms with Crippen molar-refractivity contribution in [3.63, 3.8) is 0 Å². The fourth-order valence-corrected chi connectivity index (χ4v) is 11.1. The van der Waals surface area contributed by atoms with E-state index in [1.165, 1.54) is 263 Å². The van der Waals surface area contributed by atoms with Gasteiger partial charge < -0.3 is 45.1 Å². The number of unbranched alkanes of at least 4 members (excludes halogenated alkanes) is 45. The minimum atomic E-state index is -1.57. The fraction of sp³-hybridized carbons (Fsp3) is 0.913. The SMILES string of the molecule is CCCCCCC/C=C/CC/C=C/C(O)C(COC1OC(CO)C(O)C(O)C1O)NC(=O)CCCCCCCCCCCCCCCCCCCCCCCCCCCCCCCCOC(=O)CCCCCCCCCCCCC. The van der Waals surface area contributed by atoms with E-state index in [4.69, 9.17) is 14.2 Å². The first-order valence-electron chi connectivity index (χ1n) is 34.6. The minimum Gasteiger partial charge on any atom is -0.466 e. The van der Waals surface area contributed by atoms with Gasteiger partial charge in [-0.2, -0.15) is 0 Å². The molecular formula is C69H131NO10. The maximum Gasteiger partial charge on any atom is 0.305 e. The predicted octanol–water partition coefficient (Wildman–Crippen LogP) is 17.2. The quantitative estimate of drug-likeness (QED) is 0.0195. The highest BCUT2D eigenvalue weighted by Crippen LogP contribution is 2.23. The van der Waals surface area contributed by atoms with Crippen LogP contribution in [0.15, 0.2) is 24.3 Å². The molecule has 7 unspecified atom stereocenters. The van der Waals surface area contributed by atoms with Crippen LogP contribution in [0.2, 0.25) is 0 Å². The van der Waals surface area contributed by atoms with Crippen molar-refractivity contribution in [1.82, 2.24) is 5.32 Å². The molecule has 0 aromatic rings. The van der Waals surface area contributed by atoms with Crippen molar-refractivity contribution in [2.24, 2.45) is 0 Å². The summed E-state index contributed by atoms with van der Waals surface area (Å²) < 4.78 is 16.7. The second kappa shape index (κ2) is 58.9. The number of aliphatic hydroxyl groups is 5. The minimum absolute atomic E-state index is 0.0116. The second-order valence-corrected chi connectivity index (χ2v) is 24.2. The lowest BCUT2D eigenvalue weighted by atomic mass is 9.99. The molecule has 1 amide bonds. The van der Waals surface area contributed by atoms with Crippen LogP contribution in [0, 0.1) is 0 Å². The van der Waals surface area contributed by atoms with E-state index in [2.05, 4.69) is 31.3 Å². The molecule has 80 heavy (non-hydrogen) atoms. The van der Waals surface area contributed by atoms with Crippen LogP contribution in [0.25, 0.3) is 0 Å². The summed E-state index contributed by atoms with van der Waals surface area (Å²) >= 11 is 0. The molecular weight excluding hydrogens is 1000 g/mol. The van der Waals surface area contributed by atoms with E-state index >= 15 is 0 Å². The third kappa shape index (κ3) is 47.5. The number of carbonyl (C=O) groups is 2. The van der Waals surface area contributed by atoms with Crippen LogP contribution < -0.4 is 5.32 Å². The van der Waals surface area contributed by atoms with E-state index in [1.54, 1.807) is 6.08 Å². The Balaban J connectivity index is 1.94. The van der Waals surface area contributed by atoms with E-state index in [0.717, 1.165) is 51.4 Å². The summed E-state index contributed by atoms with van der Waals surface area (Å²) in [7, 11) is 0. The number of allylic oxidation sites excluding steroid dienone is 3. The van der Waals surface area contributed by atoms with E-state index in [0.29, 0.717) is 19.4 Å². The molecule has 0 spiro atoms. The number of hydrogen-bond donors (Lipinski definition) is 6. The molecule has 11 heteroatoms. The van der Waals surface area contributed by atoms with Crippen molar-refractivity contribution in [1.29, 1.82) is 0 Å². The lowest BCUT2D eigenvalue weighted by Gasteiger charge is -2.40. The summed E-state index contributed by atoms with van der Waals surface area (Å²) in [5, 5.41) is 54.4. The number of amides is 1. The molecule has 0 radical (unpaired) electrons. The molecule has 7 atom stereocenters. The topological polar surface area (TPSA) is 175 Å². The Kier molecular flexibility index (Phi) is 56.1. The first-order chi connectivity index (χ1) is 39.2. The first kappa shape index (κ1) is 76.2. The Labute approximate surface area is 492 Å². The van der Waals surface area contributed by atoms with Crippen molar-refractivity contribution in [3.05, 3.63) is 24.3 Å². The fourth-order valence-electron chi connectivity index (χ4n) is 11.1. The molecule has 472 valence electrons. The monoisotopic (exact) mass is 1130 g/mol.